The first kappa shape index (κ1) is 15.8. The largest absolute Gasteiger partial charge is 0.373 e. The van der Waals surface area contributed by atoms with E-state index in [2.05, 4.69) is 21.2 Å². The van der Waals surface area contributed by atoms with Gasteiger partial charge in [-0.3, -0.25) is 10.1 Å². The number of rotatable bonds is 5. The molecule has 0 fully saturated rings. The molecule has 7 heteroatoms. The number of nitrogens with two attached hydrogens (primary N) is 1. The van der Waals surface area contributed by atoms with E-state index in [4.69, 9.17) is 5.73 Å². The average Bonchev–Trinajstić information content (AvgIpc) is 2.32. The van der Waals surface area contributed by atoms with Gasteiger partial charge in [0, 0.05) is 12.1 Å². The summed E-state index contributed by atoms with van der Waals surface area (Å²) in [6, 6.07) is 2.26. The predicted molar refractivity (Wildman–Crippen MR) is 76.7 cm³/mol. The van der Waals surface area contributed by atoms with Crippen molar-refractivity contribution in [1.29, 1.82) is 0 Å². The van der Waals surface area contributed by atoms with Crippen molar-refractivity contribution in [2.45, 2.75) is 26.3 Å². The quantitative estimate of drug-likeness (QED) is 0.640. The smallest absolute Gasteiger partial charge is 0.295 e. The monoisotopic (exact) mass is 333 g/mol. The normalized spacial score (nSPS) is 14.3. The zero-order chi connectivity index (χ0) is 14.8. The average molecular weight is 334 g/mol. The Balaban J connectivity index is 3.26. The van der Waals surface area contributed by atoms with Crippen molar-refractivity contribution in [1.82, 2.24) is 0 Å². The van der Waals surface area contributed by atoms with Crippen LogP contribution in [0.3, 0.4) is 0 Å². The fraction of sp³-hybridized carbons (Fsp3) is 0.500. The first-order valence-corrected chi connectivity index (χ1v) is 6.62. The lowest BCUT2D eigenvalue weighted by Crippen LogP contribution is -2.47. The third kappa shape index (κ3) is 3.42. The maximum atomic E-state index is 13.4. The van der Waals surface area contributed by atoms with Gasteiger partial charge in [0.25, 0.3) is 5.69 Å². The van der Waals surface area contributed by atoms with Gasteiger partial charge in [0.1, 0.15) is 11.5 Å². The molecule has 1 atom stereocenters. The Labute approximate surface area is 119 Å². The Morgan fingerprint density at radius 3 is 2.58 bits per heavy atom. The van der Waals surface area contributed by atoms with Crippen LogP contribution in [0, 0.1) is 21.8 Å². The van der Waals surface area contributed by atoms with E-state index < -0.39 is 16.3 Å². The van der Waals surface area contributed by atoms with Crippen molar-refractivity contribution in [2.75, 3.05) is 11.9 Å². The van der Waals surface area contributed by atoms with Gasteiger partial charge in [0.15, 0.2) is 0 Å². The van der Waals surface area contributed by atoms with Gasteiger partial charge in [-0.05, 0) is 34.8 Å². The van der Waals surface area contributed by atoms with Crippen molar-refractivity contribution >= 4 is 27.3 Å². The van der Waals surface area contributed by atoms with Crippen LogP contribution in [0.25, 0.3) is 0 Å². The van der Waals surface area contributed by atoms with Gasteiger partial charge in [0.2, 0.25) is 0 Å². The fourth-order valence-corrected chi connectivity index (χ4v) is 1.87. The topological polar surface area (TPSA) is 81.2 Å². The fourth-order valence-electron chi connectivity index (χ4n) is 1.53. The van der Waals surface area contributed by atoms with Crippen LogP contribution >= 0.6 is 15.9 Å². The Morgan fingerprint density at radius 2 is 2.16 bits per heavy atom. The van der Waals surface area contributed by atoms with E-state index in [1.165, 1.54) is 6.07 Å². The molecule has 1 aromatic carbocycles. The minimum absolute atomic E-state index is 0.154. The van der Waals surface area contributed by atoms with Crippen molar-refractivity contribution in [3.8, 4) is 0 Å². The highest BCUT2D eigenvalue weighted by molar-refractivity contribution is 9.10. The van der Waals surface area contributed by atoms with Crippen LogP contribution in [-0.2, 0) is 0 Å². The second-order valence-electron chi connectivity index (χ2n) is 4.94. The summed E-state index contributed by atoms with van der Waals surface area (Å²) in [6.45, 7) is 6.10. The Hall–Kier alpha value is -1.21. The molecule has 0 aliphatic heterocycles. The molecule has 1 unspecified atom stereocenters. The van der Waals surface area contributed by atoms with Gasteiger partial charge in [-0.25, -0.2) is 4.39 Å². The van der Waals surface area contributed by atoms with E-state index in [-0.39, 0.29) is 21.8 Å². The highest BCUT2D eigenvalue weighted by atomic mass is 79.9. The third-order valence-electron chi connectivity index (χ3n) is 3.35. The Bertz CT molecular complexity index is 496. The van der Waals surface area contributed by atoms with Gasteiger partial charge in [-0.2, -0.15) is 0 Å². The molecule has 0 saturated carbocycles. The summed E-state index contributed by atoms with van der Waals surface area (Å²) in [4.78, 5) is 10.4. The zero-order valence-corrected chi connectivity index (χ0v) is 12.6. The first-order valence-electron chi connectivity index (χ1n) is 5.83. The van der Waals surface area contributed by atoms with Crippen LogP contribution in [0.4, 0.5) is 15.8 Å². The van der Waals surface area contributed by atoms with Crippen LogP contribution < -0.4 is 11.1 Å². The number of nitrogens with one attached hydrogen (secondary N) is 1. The molecule has 0 amide bonds. The molecule has 0 aliphatic rings. The highest BCUT2D eigenvalue weighted by Crippen LogP contribution is 2.33. The number of nitro groups is 1. The van der Waals surface area contributed by atoms with Crippen LogP contribution in [0.2, 0.25) is 0 Å². The first-order chi connectivity index (χ1) is 8.71. The summed E-state index contributed by atoms with van der Waals surface area (Å²) in [5, 5.41) is 14.0. The molecule has 0 spiro atoms. The molecule has 1 aromatic rings. The van der Waals surface area contributed by atoms with E-state index in [0.29, 0.717) is 6.54 Å². The molecular weight excluding hydrogens is 317 g/mol. The number of hydrogen-bond acceptors (Lipinski definition) is 4. The minimum atomic E-state index is -0.670. The van der Waals surface area contributed by atoms with Gasteiger partial charge < -0.3 is 11.1 Å². The van der Waals surface area contributed by atoms with Crippen LogP contribution in [-0.4, -0.2) is 17.0 Å². The van der Waals surface area contributed by atoms with Gasteiger partial charge in [-0.15, -0.1) is 0 Å². The number of benzene rings is 1. The Morgan fingerprint density at radius 1 is 1.58 bits per heavy atom. The summed E-state index contributed by atoms with van der Waals surface area (Å²) in [6.07, 6.45) is 0. The SMILES string of the molecule is CC(C)C(C)(CN)Nc1cc(Br)c(F)cc1[N+](=O)[O-]. The van der Waals surface area contributed by atoms with Gasteiger partial charge in [-0.1, -0.05) is 13.8 Å². The summed E-state index contributed by atoms with van der Waals surface area (Å²) in [5.74, 6) is -0.516. The van der Waals surface area contributed by atoms with E-state index >= 15 is 0 Å². The van der Waals surface area contributed by atoms with Crippen molar-refractivity contribution < 1.29 is 9.31 Å². The zero-order valence-electron chi connectivity index (χ0n) is 11.0. The number of nitro benzene ring substituents is 1. The van der Waals surface area contributed by atoms with Crippen LogP contribution in [0.15, 0.2) is 16.6 Å². The lowest BCUT2D eigenvalue weighted by atomic mass is 9.88. The predicted octanol–water partition coefficient (Wildman–Crippen LogP) is 3.28. The minimum Gasteiger partial charge on any atom is -0.373 e. The molecule has 1 rings (SSSR count). The molecule has 5 nitrogen and oxygen atoms in total. The van der Waals surface area contributed by atoms with Crippen LogP contribution in [0.5, 0.6) is 0 Å². The number of anilines is 1. The summed E-state index contributed by atoms with van der Waals surface area (Å²) in [5.41, 5.74) is 5.17. The molecule has 0 saturated heterocycles. The van der Waals surface area contributed by atoms with E-state index in [1.807, 2.05) is 20.8 Å². The van der Waals surface area contributed by atoms with Crippen LogP contribution in [0.1, 0.15) is 20.8 Å². The molecule has 0 heterocycles. The lowest BCUT2D eigenvalue weighted by molar-refractivity contribution is -0.384. The Kier molecular flexibility index (Phi) is 4.86. The van der Waals surface area contributed by atoms with Gasteiger partial charge in [0.05, 0.1) is 15.5 Å². The molecule has 19 heavy (non-hydrogen) atoms. The maximum absolute atomic E-state index is 13.4. The second kappa shape index (κ2) is 5.83. The molecular formula is C12H17BrFN3O2. The summed E-state index contributed by atoms with van der Waals surface area (Å²) >= 11 is 3.03. The molecule has 106 valence electrons. The summed E-state index contributed by atoms with van der Waals surface area (Å²) < 4.78 is 13.6. The molecule has 0 aliphatic carbocycles. The standard InChI is InChI=1S/C12H17BrFN3O2/c1-7(2)12(3,6-15)16-10-4-8(13)9(14)5-11(10)17(18)19/h4-5,7,16H,6,15H2,1-3H3. The highest BCUT2D eigenvalue weighted by Gasteiger charge is 2.29. The summed E-state index contributed by atoms with van der Waals surface area (Å²) in [7, 11) is 0. The van der Waals surface area contributed by atoms with Crippen molar-refractivity contribution in [3.05, 3.63) is 32.5 Å². The maximum Gasteiger partial charge on any atom is 0.295 e. The molecule has 0 aromatic heterocycles. The molecule has 3 N–H and O–H groups in total. The lowest BCUT2D eigenvalue weighted by Gasteiger charge is -2.34. The molecule has 0 radical (unpaired) electrons. The number of nitrogens with zero attached hydrogens (tertiary/aromatic N) is 1. The van der Waals surface area contributed by atoms with E-state index in [0.717, 1.165) is 6.07 Å². The molecule has 0 bridgehead atoms. The van der Waals surface area contributed by atoms with Crippen molar-refractivity contribution in [2.24, 2.45) is 11.7 Å². The van der Waals surface area contributed by atoms with Gasteiger partial charge >= 0.3 is 0 Å². The second-order valence-corrected chi connectivity index (χ2v) is 5.80. The number of hydrogen-bond donors (Lipinski definition) is 2. The number of halogens is 2. The van der Waals surface area contributed by atoms with E-state index in [1.54, 1.807) is 0 Å². The van der Waals surface area contributed by atoms with E-state index in [9.17, 15) is 14.5 Å². The van der Waals surface area contributed by atoms with Crippen molar-refractivity contribution in [3.63, 3.8) is 0 Å². The third-order valence-corrected chi connectivity index (χ3v) is 3.96.